The fourth-order valence-corrected chi connectivity index (χ4v) is 3.41. The van der Waals surface area contributed by atoms with Gasteiger partial charge in [-0.2, -0.15) is 0 Å². The van der Waals surface area contributed by atoms with Crippen LogP contribution in [0.25, 0.3) is 0 Å². The third-order valence-corrected chi connectivity index (χ3v) is 4.85. The Labute approximate surface area is 153 Å². The van der Waals surface area contributed by atoms with E-state index in [1.807, 2.05) is 13.8 Å². The van der Waals surface area contributed by atoms with Gasteiger partial charge in [0.05, 0.1) is 11.8 Å². The summed E-state index contributed by atoms with van der Waals surface area (Å²) in [5, 5.41) is 15.4. The number of rotatable bonds is 7. The average molecular weight is 362 g/mol. The topological polar surface area (TPSA) is 72.7 Å². The number of aromatic nitrogens is 4. The van der Waals surface area contributed by atoms with E-state index >= 15 is 0 Å². The number of nitrogens with zero attached hydrogens (tertiary/aromatic N) is 4. The van der Waals surface area contributed by atoms with Gasteiger partial charge in [0.2, 0.25) is 11.1 Å². The minimum atomic E-state index is -0.0432. The van der Waals surface area contributed by atoms with Crippen molar-refractivity contribution in [3.63, 3.8) is 0 Å². The molecule has 0 aliphatic rings. The van der Waals surface area contributed by atoms with E-state index in [1.165, 1.54) is 11.8 Å². The molecule has 0 saturated heterocycles. The first kappa shape index (κ1) is 19.4. The summed E-state index contributed by atoms with van der Waals surface area (Å²) >= 11 is 1.35. The van der Waals surface area contributed by atoms with Crippen LogP contribution < -0.4 is 5.32 Å². The van der Waals surface area contributed by atoms with E-state index < -0.39 is 0 Å². The molecule has 0 fully saturated rings. The number of carbonyl (C=O) groups excluding carboxylic acids is 1. The van der Waals surface area contributed by atoms with Crippen LogP contribution in [0.1, 0.15) is 70.5 Å². The van der Waals surface area contributed by atoms with Crippen LogP contribution in [0.15, 0.2) is 23.4 Å². The highest BCUT2D eigenvalue weighted by Gasteiger charge is 2.17. The Bertz CT molecular complexity index is 698. The Kier molecular flexibility index (Phi) is 6.58. The molecule has 0 atom stereocenters. The fraction of sp³-hybridized carbons (Fsp3) is 0.556. The van der Waals surface area contributed by atoms with Crippen LogP contribution in [0.3, 0.4) is 0 Å². The van der Waals surface area contributed by atoms with E-state index in [9.17, 15) is 4.79 Å². The molecule has 1 N–H and O–H groups in total. The largest absolute Gasteiger partial charge is 0.325 e. The van der Waals surface area contributed by atoms with Gasteiger partial charge in [-0.05, 0) is 47.2 Å². The van der Waals surface area contributed by atoms with Gasteiger partial charge in [0.15, 0.2) is 0 Å². The van der Waals surface area contributed by atoms with Crippen LogP contribution in [0.4, 0.5) is 5.69 Å². The molecule has 1 aromatic carbocycles. The summed E-state index contributed by atoms with van der Waals surface area (Å²) < 4.78 is 1.72. The Balaban J connectivity index is 2.13. The summed E-state index contributed by atoms with van der Waals surface area (Å²) in [6, 6.07) is 6.39. The minimum absolute atomic E-state index is 0.0432. The highest BCUT2D eigenvalue weighted by atomic mass is 32.2. The van der Waals surface area contributed by atoms with E-state index in [1.54, 1.807) is 4.68 Å². The third kappa shape index (κ3) is 4.81. The summed E-state index contributed by atoms with van der Waals surface area (Å²) in [5.74, 6) is 0.917. The number of anilines is 1. The molecular formula is C18H27N5OS. The monoisotopic (exact) mass is 361 g/mol. The number of amides is 1. The maximum atomic E-state index is 12.5. The molecule has 2 aromatic rings. The molecule has 0 saturated carbocycles. The smallest absolute Gasteiger partial charge is 0.234 e. The predicted molar refractivity (Wildman–Crippen MR) is 102 cm³/mol. The van der Waals surface area contributed by atoms with Gasteiger partial charge in [-0.1, -0.05) is 57.7 Å². The Hall–Kier alpha value is -1.89. The summed E-state index contributed by atoms with van der Waals surface area (Å²) in [6.07, 6.45) is 0. The highest BCUT2D eigenvalue weighted by Crippen LogP contribution is 2.32. The second-order valence-electron chi connectivity index (χ2n) is 6.96. The summed E-state index contributed by atoms with van der Waals surface area (Å²) in [4.78, 5) is 12.5. The van der Waals surface area contributed by atoms with Crippen LogP contribution in [-0.4, -0.2) is 31.9 Å². The lowest BCUT2D eigenvalue weighted by molar-refractivity contribution is -0.113. The van der Waals surface area contributed by atoms with Gasteiger partial charge < -0.3 is 5.32 Å². The van der Waals surface area contributed by atoms with Crippen LogP contribution in [0, 0.1) is 0 Å². The molecule has 0 aliphatic carbocycles. The zero-order valence-corrected chi connectivity index (χ0v) is 16.6. The van der Waals surface area contributed by atoms with Crippen LogP contribution in [-0.2, 0) is 4.79 Å². The first-order valence-corrected chi connectivity index (χ1v) is 9.63. The van der Waals surface area contributed by atoms with Crippen LogP contribution in [0.2, 0.25) is 0 Å². The van der Waals surface area contributed by atoms with Crippen molar-refractivity contribution in [3.8, 4) is 0 Å². The van der Waals surface area contributed by atoms with Crippen molar-refractivity contribution in [2.75, 3.05) is 11.1 Å². The molecule has 25 heavy (non-hydrogen) atoms. The van der Waals surface area contributed by atoms with Gasteiger partial charge in [-0.3, -0.25) is 4.79 Å². The van der Waals surface area contributed by atoms with Gasteiger partial charge in [0.1, 0.15) is 0 Å². The molecule has 1 aromatic heterocycles. The maximum absolute atomic E-state index is 12.5. The number of tetrazole rings is 1. The molecule has 0 aliphatic heterocycles. The normalized spacial score (nSPS) is 11.6. The lowest BCUT2D eigenvalue weighted by Crippen LogP contribution is -2.18. The van der Waals surface area contributed by atoms with Gasteiger partial charge in [0.25, 0.3) is 0 Å². The quantitative estimate of drug-likeness (QED) is 0.747. The molecular weight excluding hydrogens is 334 g/mol. The molecule has 0 bridgehead atoms. The fourth-order valence-electron chi connectivity index (χ4n) is 2.61. The van der Waals surface area contributed by atoms with E-state index in [4.69, 9.17) is 0 Å². The molecule has 136 valence electrons. The minimum Gasteiger partial charge on any atom is -0.325 e. The maximum Gasteiger partial charge on any atom is 0.234 e. The van der Waals surface area contributed by atoms with Crippen molar-refractivity contribution in [3.05, 3.63) is 29.3 Å². The predicted octanol–water partition coefficient (Wildman–Crippen LogP) is 4.23. The van der Waals surface area contributed by atoms with E-state index in [-0.39, 0.29) is 17.7 Å². The van der Waals surface area contributed by atoms with Crippen molar-refractivity contribution in [1.29, 1.82) is 0 Å². The molecule has 2 rings (SSSR count). The number of carbonyl (C=O) groups is 1. The number of nitrogens with one attached hydrogen (secondary N) is 1. The van der Waals surface area contributed by atoms with E-state index in [2.05, 4.69) is 66.7 Å². The number of para-hydroxylation sites is 1. The summed E-state index contributed by atoms with van der Waals surface area (Å²) in [5.41, 5.74) is 3.27. The SMILES string of the molecule is CC(C)c1cccc(C(C)C)c1NC(=O)CSc1nnnn1C(C)C. The average Bonchev–Trinajstić information content (AvgIpc) is 3.01. The summed E-state index contributed by atoms with van der Waals surface area (Å²) in [6.45, 7) is 12.6. The number of benzene rings is 1. The Morgan fingerprint density at radius 1 is 1.12 bits per heavy atom. The molecule has 0 radical (unpaired) electrons. The van der Waals surface area contributed by atoms with Gasteiger partial charge in [-0.25, -0.2) is 4.68 Å². The molecule has 1 amide bonds. The molecule has 0 spiro atoms. The van der Waals surface area contributed by atoms with Gasteiger partial charge in [0, 0.05) is 5.69 Å². The van der Waals surface area contributed by atoms with Crippen LogP contribution >= 0.6 is 11.8 Å². The number of thioether (sulfide) groups is 1. The number of hydrogen-bond donors (Lipinski definition) is 1. The third-order valence-electron chi connectivity index (χ3n) is 3.92. The first-order chi connectivity index (χ1) is 11.8. The second-order valence-corrected chi connectivity index (χ2v) is 7.90. The molecule has 0 unspecified atom stereocenters. The van der Waals surface area contributed by atoms with E-state index in [0.717, 1.165) is 16.8 Å². The van der Waals surface area contributed by atoms with Gasteiger partial charge in [-0.15, -0.1) is 5.10 Å². The zero-order chi connectivity index (χ0) is 18.6. The van der Waals surface area contributed by atoms with E-state index in [0.29, 0.717) is 17.0 Å². The lowest BCUT2D eigenvalue weighted by atomic mass is 9.92. The second kappa shape index (κ2) is 8.47. The standard InChI is InChI=1S/C18H27N5OS/c1-11(2)14-8-7-9-15(12(3)4)17(14)19-16(24)10-25-18-20-21-22-23(18)13(5)6/h7-9,11-13H,10H2,1-6H3,(H,19,24). The Morgan fingerprint density at radius 3 is 2.24 bits per heavy atom. The summed E-state index contributed by atoms with van der Waals surface area (Å²) in [7, 11) is 0. The molecule has 6 nitrogen and oxygen atoms in total. The van der Waals surface area contributed by atoms with Crippen molar-refractivity contribution in [2.24, 2.45) is 0 Å². The first-order valence-electron chi connectivity index (χ1n) is 8.64. The zero-order valence-electron chi connectivity index (χ0n) is 15.8. The highest BCUT2D eigenvalue weighted by molar-refractivity contribution is 7.99. The molecule has 1 heterocycles. The van der Waals surface area contributed by atoms with Crippen molar-refractivity contribution in [1.82, 2.24) is 20.2 Å². The number of hydrogen-bond acceptors (Lipinski definition) is 5. The van der Waals surface area contributed by atoms with Gasteiger partial charge >= 0.3 is 0 Å². The lowest BCUT2D eigenvalue weighted by Gasteiger charge is -2.20. The van der Waals surface area contributed by atoms with Crippen LogP contribution in [0.5, 0.6) is 0 Å². The molecule has 7 heteroatoms. The van der Waals surface area contributed by atoms with Crippen molar-refractivity contribution < 1.29 is 4.79 Å². The van der Waals surface area contributed by atoms with Crippen molar-refractivity contribution >= 4 is 23.4 Å². The van der Waals surface area contributed by atoms with Crippen molar-refractivity contribution in [2.45, 2.75) is 64.6 Å². The Morgan fingerprint density at radius 2 is 1.72 bits per heavy atom.